The fourth-order valence-electron chi connectivity index (χ4n) is 1.70. The van der Waals surface area contributed by atoms with E-state index in [1.165, 1.54) is 0 Å². The second-order valence-corrected chi connectivity index (χ2v) is 4.13. The highest BCUT2D eigenvalue weighted by Crippen LogP contribution is 2.10. The van der Waals surface area contributed by atoms with Crippen molar-refractivity contribution >= 4 is 17.5 Å². The van der Waals surface area contributed by atoms with Crippen LogP contribution in [0.25, 0.3) is 0 Å². The quantitative estimate of drug-likeness (QED) is 0.892. The minimum atomic E-state index is -0.262. The molecule has 2 rings (SSSR count). The Morgan fingerprint density at radius 2 is 1.70 bits per heavy atom. The van der Waals surface area contributed by atoms with Gasteiger partial charge < -0.3 is 10.6 Å². The Hall–Kier alpha value is -2.69. The van der Waals surface area contributed by atoms with Crippen LogP contribution >= 0.6 is 0 Å². The van der Waals surface area contributed by atoms with E-state index in [1.54, 1.807) is 48.8 Å². The summed E-state index contributed by atoms with van der Waals surface area (Å²) in [5.74, 6) is -0.451. The number of pyridine rings is 1. The summed E-state index contributed by atoms with van der Waals surface area (Å²) in [5, 5.41) is 5.44. The predicted octanol–water partition coefficient (Wildman–Crippen LogP) is 2.08. The summed E-state index contributed by atoms with van der Waals surface area (Å²) >= 11 is 0. The molecular formula is C15H15N3O2. The van der Waals surface area contributed by atoms with Crippen molar-refractivity contribution < 1.29 is 9.59 Å². The lowest BCUT2D eigenvalue weighted by molar-refractivity contribution is 0.0956. The van der Waals surface area contributed by atoms with Crippen LogP contribution in [0, 0.1) is 0 Å². The molecule has 20 heavy (non-hydrogen) atoms. The lowest BCUT2D eigenvalue weighted by Crippen LogP contribution is -2.23. The number of benzene rings is 1. The number of aromatic nitrogens is 1. The standard InChI is InChI=1S/C15H15N3O2/c1-2-17-14(19)11-4-3-5-12(10-11)15(20)18-13-6-8-16-9-7-13/h3-10H,2H2,1H3,(H,17,19)(H,16,18,20). The number of nitrogens with one attached hydrogen (secondary N) is 2. The zero-order chi connectivity index (χ0) is 14.4. The molecule has 0 aliphatic rings. The van der Waals surface area contributed by atoms with Gasteiger partial charge in [-0.2, -0.15) is 0 Å². The molecule has 5 nitrogen and oxygen atoms in total. The highest BCUT2D eigenvalue weighted by molar-refractivity contribution is 6.06. The number of amides is 2. The molecular weight excluding hydrogens is 254 g/mol. The molecule has 0 saturated heterocycles. The zero-order valence-electron chi connectivity index (χ0n) is 11.1. The van der Waals surface area contributed by atoms with Gasteiger partial charge in [0, 0.05) is 35.8 Å². The minimum absolute atomic E-state index is 0.189. The lowest BCUT2D eigenvalue weighted by Gasteiger charge is -2.07. The van der Waals surface area contributed by atoms with E-state index in [2.05, 4.69) is 15.6 Å². The van der Waals surface area contributed by atoms with Gasteiger partial charge in [0.05, 0.1) is 0 Å². The first kappa shape index (κ1) is 13.7. The van der Waals surface area contributed by atoms with E-state index in [-0.39, 0.29) is 11.8 Å². The fraction of sp³-hybridized carbons (Fsp3) is 0.133. The largest absolute Gasteiger partial charge is 0.352 e. The van der Waals surface area contributed by atoms with E-state index in [0.717, 1.165) is 0 Å². The molecule has 0 atom stereocenters. The van der Waals surface area contributed by atoms with Crippen molar-refractivity contribution in [2.45, 2.75) is 6.92 Å². The lowest BCUT2D eigenvalue weighted by atomic mass is 10.1. The Balaban J connectivity index is 2.14. The molecule has 2 aromatic rings. The summed E-state index contributed by atoms with van der Waals surface area (Å²) in [6.45, 7) is 2.39. The van der Waals surface area contributed by atoms with Crippen LogP contribution < -0.4 is 10.6 Å². The molecule has 0 saturated carbocycles. The average Bonchev–Trinajstić information content (AvgIpc) is 2.48. The van der Waals surface area contributed by atoms with E-state index < -0.39 is 0 Å². The van der Waals surface area contributed by atoms with Gasteiger partial charge in [0.15, 0.2) is 0 Å². The van der Waals surface area contributed by atoms with E-state index in [1.807, 2.05) is 6.92 Å². The van der Waals surface area contributed by atoms with Crippen molar-refractivity contribution in [1.82, 2.24) is 10.3 Å². The van der Waals surface area contributed by atoms with Gasteiger partial charge in [0.25, 0.3) is 11.8 Å². The second kappa shape index (κ2) is 6.47. The maximum absolute atomic E-state index is 12.1. The Kier molecular flexibility index (Phi) is 4.44. The first-order chi connectivity index (χ1) is 9.70. The monoisotopic (exact) mass is 269 g/mol. The number of carbonyl (C=O) groups excluding carboxylic acids is 2. The normalized spacial score (nSPS) is 9.85. The second-order valence-electron chi connectivity index (χ2n) is 4.13. The summed E-state index contributed by atoms with van der Waals surface area (Å²) in [6, 6.07) is 10.00. The third-order valence-electron chi connectivity index (χ3n) is 2.66. The average molecular weight is 269 g/mol. The Morgan fingerprint density at radius 3 is 2.35 bits per heavy atom. The van der Waals surface area contributed by atoms with Crippen LogP contribution in [-0.2, 0) is 0 Å². The maximum atomic E-state index is 12.1. The van der Waals surface area contributed by atoms with Crippen LogP contribution in [0.15, 0.2) is 48.8 Å². The van der Waals surface area contributed by atoms with Crippen molar-refractivity contribution in [1.29, 1.82) is 0 Å². The molecule has 0 aliphatic carbocycles. The number of rotatable bonds is 4. The van der Waals surface area contributed by atoms with Crippen molar-refractivity contribution in [3.8, 4) is 0 Å². The predicted molar refractivity (Wildman–Crippen MR) is 76.6 cm³/mol. The summed E-state index contributed by atoms with van der Waals surface area (Å²) in [7, 11) is 0. The molecule has 1 aromatic heterocycles. The smallest absolute Gasteiger partial charge is 0.255 e. The maximum Gasteiger partial charge on any atom is 0.255 e. The Labute approximate surface area is 117 Å². The zero-order valence-corrected chi connectivity index (χ0v) is 11.1. The van der Waals surface area contributed by atoms with Crippen LogP contribution in [0.3, 0.4) is 0 Å². The minimum Gasteiger partial charge on any atom is -0.352 e. The molecule has 2 amide bonds. The topological polar surface area (TPSA) is 71.1 Å². The van der Waals surface area contributed by atoms with Gasteiger partial charge in [-0.1, -0.05) is 6.07 Å². The van der Waals surface area contributed by atoms with E-state index >= 15 is 0 Å². The number of hydrogen-bond donors (Lipinski definition) is 2. The number of carbonyl (C=O) groups is 2. The number of hydrogen-bond acceptors (Lipinski definition) is 3. The van der Waals surface area contributed by atoms with E-state index in [0.29, 0.717) is 23.4 Å². The van der Waals surface area contributed by atoms with Crippen molar-refractivity contribution in [3.05, 3.63) is 59.9 Å². The summed E-state index contributed by atoms with van der Waals surface area (Å²) in [5.41, 5.74) is 1.56. The summed E-state index contributed by atoms with van der Waals surface area (Å²) in [6.07, 6.45) is 3.20. The Bertz CT molecular complexity index is 612. The molecule has 102 valence electrons. The highest BCUT2D eigenvalue weighted by Gasteiger charge is 2.10. The van der Waals surface area contributed by atoms with Gasteiger partial charge >= 0.3 is 0 Å². The first-order valence-electron chi connectivity index (χ1n) is 6.30. The van der Waals surface area contributed by atoms with Gasteiger partial charge in [-0.3, -0.25) is 14.6 Å². The molecule has 5 heteroatoms. The van der Waals surface area contributed by atoms with Crippen LogP contribution in [-0.4, -0.2) is 23.3 Å². The van der Waals surface area contributed by atoms with Crippen LogP contribution in [0.5, 0.6) is 0 Å². The molecule has 0 spiro atoms. The van der Waals surface area contributed by atoms with Gasteiger partial charge in [-0.15, -0.1) is 0 Å². The molecule has 0 bridgehead atoms. The van der Waals surface area contributed by atoms with E-state index in [9.17, 15) is 9.59 Å². The van der Waals surface area contributed by atoms with Crippen molar-refractivity contribution in [2.75, 3.05) is 11.9 Å². The van der Waals surface area contributed by atoms with Crippen LogP contribution in [0.2, 0.25) is 0 Å². The molecule has 0 unspecified atom stereocenters. The van der Waals surface area contributed by atoms with Crippen LogP contribution in [0.1, 0.15) is 27.6 Å². The molecule has 2 N–H and O–H groups in total. The summed E-state index contributed by atoms with van der Waals surface area (Å²) in [4.78, 5) is 27.7. The Morgan fingerprint density at radius 1 is 1.05 bits per heavy atom. The third-order valence-corrected chi connectivity index (χ3v) is 2.66. The number of anilines is 1. The van der Waals surface area contributed by atoms with E-state index in [4.69, 9.17) is 0 Å². The SMILES string of the molecule is CCNC(=O)c1cccc(C(=O)Nc2ccncc2)c1. The molecule has 0 fully saturated rings. The first-order valence-corrected chi connectivity index (χ1v) is 6.30. The van der Waals surface area contributed by atoms with Crippen molar-refractivity contribution in [2.24, 2.45) is 0 Å². The molecule has 0 aliphatic heterocycles. The summed E-state index contributed by atoms with van der Waals surface area (Å²) < 4.78 is 0. The molecule has 1 aromatic carbocycles. The van der Waals surface area contributed by atoms with Gasteiger partial charge in [-0.05, 0) is 37.3 Å². The van der Waals surface area contributed by atoms with Crippen molar-refractivity contribution in [3.63, 3.8) is 0 Å². The molecule has 1 heterocycles. The highest BCUT2D eigenvalue weighted by atomic mass is 16.2. The molecule has 0 radical (unpaired) electrons. The van der Waals surface area contributed by atoms with Gasteiger partial charge in [0.1, 0.15) is 0 Å². The fourth-order valence-corrected chi connectivity index (χ4v) is 1.70. The van der Waals surface area contributed by atoms with Crippen LogP contribution in [0.4, 0.5) is 5.69 Å². The van der Waals surface area contributed by atoms with Gasteiger partial charge in [0.2, 0.25) is 0 Å². The number of nitrogens with zero attached hydrogens (tertiary/aromatic N) is 1. The third kappa shape index (κ3) is 3.41. The van der Waals surface area contributed by atoms with Gasteiger partial charge in [-0.25, -0.2) is 0 Å².